The number of hydrogen-bond donors (Lipinski definition) is 1. The number of nitrogens with two attached hydrogens (primary N) is 1. The molecule has 0 aliphatic heterocycles. The molecular weight excluding hydrogens is 463 g/mol. The molecule has 8 nitrogen and oxygen atoms in total. The van der Waals surface area contributed by atoms with Crippen molar-refractivity contribution in [3.63, 3.8) is 0 Å². The zero-order valence-electron chi connectivity index (χ0n) is 18.2. The monoisotopic (exact) mass is 484 g/mol. The molecule has 2 aromatic heterocycles. The molecule has 2 heterocycles. The van der Waals surface area contributed by atoms with Crippen LogP contribution in [0, 0.1) is 11.2 Å². The fourth-order valence-corrected chi connectivity index (χ4v) is 5.43. The summed E-state index contributed by atoms with van der Waals surface area (Å²) in [5.74, 6) is 1.21. The Bertz CT molecular complexity index is 1240. The van der Waals surface area contributed by atoms with Gasteiger partial charge in [0.1, 0.15) is 17.3 Å². The largest absolute Gasteiger partial charge is 0.484 e. The van der Waals surface area contributed by atoms with E-state index in [-0.39, 0.29) is 22.8 Å². The van der Waals surface area contributed by atoms with Crippen molar-refractivity contribution < 1.29 is 23.2 Å². The maximum absolute atomic E-state index is 13.8. The number of carbonyl (C=O) groups excluding carboxylic acids is 1. The minimum atomic E-state index is -0.883. The number of hydrogen-bond acceptors (Lipinski definition) is 7. The molecule has 0 radical (unpaired) electrons. The second-order valence-corrected chi connectivity index (χ2v) is 10.1. The number of pyridine rings is 1. The summed E-state index contributed by atoms with van der Waals surface area (Å²) in [6.07, 6.45) is 5.11. The van der Waals surface area contributed by atoms with Crippen LogP contribution >= 0.6 is 11.6 Å². The van der Waals surface area contributed by atoms with Crippen LogP contribution in [0.25, 0.3) is 0 Å². The van der Waals surface area contributed by atoms with Crippen LogP contribution in [0.1, 0.15) is 55.4 Å². The zero-order chi connectivity index (χ0) is 23.5. The van der Waals surface area contributed by atoms with Crippen LogP contribution in [0.15, 0.2) is 41.1 Å². The first kappa shape index (κ1) is 21.3. The van der Waals surface area contributed by atoms with E-state index in [0.29, 0.717) is 42.6 Å². The number of nitrogens with zero attached hydrogens (tertiary/aromatic N) is 3. The lowest BCUT2D eigenvalue weighted by Gasteiger charge is -2.69. The smallest absolute Gasteiger partial charge is 0.259 e. The third-order valence-electron chi connectivity index (χ3n) is 7.08. The van der Waals surface area contributed by atoms with Crippen LogP contribution in [0.3, 0.4) is 0 Å². The predicted molar refractivity (Wildman–Crippen MR) is 118 cm³/mol. The summed E-state index contributed by atoms with van der Waals surface area (Å²) in [6, 6.07) is 7.95. The van der Waals surface area contributed by atoms with Crippen molar-refractivity contribution in [1.29, 1.82) is 0 Å². The number of amides is 1. The minimum Gasteiger partial charge on any atom is -0.484 e. The number of primary amides is 1. The zero-order valence-corrected chi connectivity index (χ0v) is 18.9. The predicted octanol–water partition coefficient (Wildman–Crippen LogP) is 4.07. The molecule has 3 aromatic rings. The molecule has 2 bridgehead atoms. The van der Waals surface area contributed by atoms with Crippen LogP contribution in [0.5, 0.6) is 11.5 Å². The van der Waals surface area contributed by atoms with Gasteiger partial charge in [-0.05, 0) is 56.4 Å². The summed E-state index contributed by atoms with van der Waals surface area (Å²) in [6.45, 7) is 0.171. The van der Waals surface area contributed by atoms with E-state index < -0.39 is 23.2 Å². The lowest BCUT2D eigenvalue weighted by Crippen LogP contribution is -2.72. The maximum Gasteiger partial charge on any atom is 0.259 e. The average Bonchev–Trinajstić information content (AvgIpc) is 3.51. The third kappa shape index (κ3) is 3.58. The quantitative estimate of drug-likeness (QED) is 0.487. The van der Waals surface area contributed by atoms with Crippen LogP contribution in [0.4, 0.5) is 4.39 Å². The summed E-state index contributed by atoms with van der Waals surface area (Å²) < 4.78 is 30.8. The van der Waals surface area contributed by atoms with Gasteiger partial charge in [0, 0.05) is 23.1 Å². The van der Waals surface area contributed by atoms with E-state index in [1.54, 1.807) is 6.20 Å². The van der Waals surface area contributed by atoms with Gasteiger partial charge >= 0.3 is 0 Å². The third-order valence-corrected chi connectivity index (χ3v) is 7.38. The van der Waals surface area contributed by atoms with E-state index in [1.807, 2.05) is 12.1 Å². The summed E-state index contributed by atoms with van der Waals surface area (Å²) in [4.78, 5) is 21.1. The van der Waals surface area contributed by atoms with E-state index in [0.717, 1.165) is 11.8 Å². The van der Waals surface area contributed by atoms with Gasteiger partial charge in [0.05, 0.1) is 16.6 Å². The first-order valence-electron chi connectivity index (χ1n) is 11.2. The SMILES string of the molecule is NC(=O)C(Oc1ccc(Cl)c(F)c1)C12CC(c3nc(COc4ccc(C5CC5)nc4)no3)(C1)C2. The fourth-order valence-electron chi connectivity index (χ4n) is 5.32. The highest BCUT2D eigenvalue weighted by atomic mass is 35.5. The molecule has 0 spiro atoms. The number of rotatable bonds is 9. The molecule has 1 aromatic carbocycles. The molecule has 1 unspecified atom stereocenters. The molecule has 7 rings (SSSR count). The van der Waals surface area contributed by atoms with Crippen molar-refractivity contribution in [2.24, 2.45) is 11.1 Å². The Labute approximate surface area is 199 Å². The molecule has 10 heteroatoms. The standard InChI is InChI=1S/C24H22ClFN4O4/c25-16-5-3-14(7-17(16)26)33-20(21(27)31)23-10-24(11-23,12-23)22-29-19(30-34-22)9-32-15-4-6-18(28-8-15)13-1-2-13/h3-8,13,20H,1-2,9-12H2,(H2,27,31). The molecule has 4 saturated carbocycles. The van der Waals surface area contributed by atoms with Gasteiger partial charge in [0.2, 0.25) is 11.7 Å². The highest BCUT2D eigenvalue weighted by molar-refractivity contribution is 6.30. The van der Waals surface area contributed by atoms with Gasteiger partial charge in [-0.1, -0.05) is 16.8 Å². The number of halogens is 2. The van der Waals surface area contributed by atoms with Crippen molar-refractivity contribution in [2.75, 3.05) is 0 Å². The Balaban J connectivity index is 1.08. The van der Waals surface area contributed by atoms with Crippen molar-refractivity contribution in [2.45, 2.75) is 56.1 Å². The lowest BCUT2D eigenvalue weighted by atomic mass is 9.33. The van der Waals surface area contributed by atoms with Gasteiger partial charge < -0.3 is 19.7 Å². The Morgan fingerprint density at radius 1 is 1.24 bits per heavy atom. The number of benzene rings is 1. The Hall–Kier alpha value is -3.20. The molecule has 1 atom stereocenters. The molecular formula is C24H22ClFN4O4. The van der Waals surface area contributed by atoms with E-state index in [1.165, 1.54) is 25.0 Å². The van der Waals surface area contributed by atoms with E-state index in [9.17, 15) is 9.18 Å². The van der Waals surface area contributed by atoms with Crippen LogP contribution < -0.4 is 15.2 Å². The molecule has 2 N–H and O–H groups in total. The number of ether oxygens (including phenoxy) is 2. The maximum atomic E-state index is 13.8. The van der Waals surface area contributed by atoms with E-state index in [2.05, 4.69) is 15.1 Å². The number of aromatic nitrogens is 3. The van der Waals surface area contributed by atoms with Crippen molar-refractivity contribution >= 4 is 17.5 Å². The van der Waals surface area contributed by atoms with Gasteiger partial charge in [0.25, 0.3) is 5.91 Å². The summed E-state index contributed by atoms with van der Waals surface area (Å²) in [5, 5.41) is 4.02. The molecule has 1 amide bonds. The van der Waals surface area contributed by atoms with E-state index >= 15 is 0 Å². The van der Waals surface area contributed by atoms with Gasteiger partial charge in [-0.3, -0.25) is 9.78 Å². The summed E-state index contributed by atoms with van der Waals surface area (Å²) in [7, 11) is 0. The second-order valence-electron chi connectivity index (χ2n) is 9.65. The Kier molecular flexibility index (Phi) is 4.81. The van der Waals surface area contributed by atoms with Gasteiger partial charge in [-0.25, -0.2) is 4.39 Å². The van der Waals surface area contributed by atoms with E-state index in [4.69, 9.17) is 31.3 Å². The van der Waals surface area contributed by atoms with Gasteiger partial charge in [0.15, 0.2) is 12.7 Å². The fraction of sp³-hybridized carbons (Fsp3) is 0.417. The average molecular weight is 485 g/mol. The van der Waals surface area contributed by atoms with Crippen LogP contribution in [-0.4, -0.2) is 27.1 Å². The summed E-state index contributed by atoms with van der Waals surface area (Å²) >= 11 is 5.72. The minimum absolute atomic E-state index is 0.0184. The first-order chi connectivity index (χ1) is 16.4. The van der Waals surface area contributed by atoms with Crippen molar-refractivity contribution in [3.8, 4) is 11.5 Å². The van der Waals surface area contributed by atoms with Crippen molar-refractivity contribution in [1.82, 2.24) is 15.1 Å². The highest BCUT2D eigenvalue weighted by Gasteiger charge is 2.75. The molecule has 4 aliphatic rings. The summed E-state index contributed by atoms with van der Waals surface area (Å²) in [5.41, 5.74) is 6.01. The molecule has 0 saturated heterocycles. The molecule has 176 valence electrons. The molecule has 4 fully saturated rings. The first-order valence-corrected chi connectivity index (χ1v) is 11.6. The van der Waals surface area contributed by atoms with Gasteiger partial charge in [-0.2, -0.15) is 4.98 Å². The molecule has 34 heavy (non-hydrogen) atoms. The second kappa shape index (κ2) is 7.66. The van der Waals surface area contributed by atoms with Crippen molar-refractivity contribution in [3.05, 3.63) is 64.8 Å². The van der Waals surface area contributed by atoms with Crippen LogP contribution in [0.2, 0.25) is 5.02 Å². The Morgan fingerprint density at radius 2 is 2.00 bits per heavy atom. The molecule has 4 aliphatic carbocycles. The highest BCUT2D eigenvalue weighted by Crippen LogP contribution is 2.75. The lowest BCUT2D eigenvalue weighted by molar-refractivity contribution is -0.208. The normalized spacial score (nSPS) is 25.7. The van der Waals surface area contributed by atoms with Crippen LogP contribution in [-0.2, 0) is 16.8 Å². The van der Waals surface area contributed by atoms with Gasteiger partial charge in [-0.15, -0.1) is 0 Å². The number of carbonyl (C=O) groups is 1. The Morgan fingerprint density at radius 3 is 2.65 bits per heavy atom. The topological polar surface area (TPSA) is 113 Å².